The first-order chi connectivity index (χ1) is 14.9. The van der Waals surface area contributed by atoms with Crippen LogP contribution >= 0.6 is 11.8 Å². The Morgan fingerprint density at radius 2 is 1.74 bits per heavy atom. The molecule has 0 fully saturated rings. The monoisotopic (exact) mass is 440 g/mol. The molecule has 2 amide bonds. The van der Waals surface area contributed by atoms with Gasteiger partial charge < -0.3 is 20.3 Å². The van der Waals surface area contributed by atoms with E-state index in [-0.39, 0.29) is 24.0 Å². The van der Waals surface area contributed by atoms with Gasteiger partial charge >= 0.3 is 0 Å². The Labute approximate surface area is 184 Å². The van der Waals surface area contributed by atoms with E-state index >= 15 is 0 Å². The summed E-state index contributed by atoms with van der Waals surface area (Å²) >= 11 is 1.39. The predicted octanol–water partition coefficient (Wildman–Crippen LogP) is 3.63. The van der Waals surface area contributed by atoms with Crippen LogP contribution in [-0.4, -0.2) is 38.7 Å². The number of nitrogens with zero attached hydrogens (tertiary/aromatic N) is 2. The highest BCUT2D eigenvalue weighted by atomic mass is 32.2. The fraction of sp³-hybridized carbons (Fsp3) is 0.182. The second-order valence-electron chi connectivity index (χ2n) is 6.38. The number of imidazole rings is 1. The van der Waals surface area contributed by atoms with Crippen molar-refractivity contribution < 1.29 is 19.5 Å². The Morgan fingerprint density at radius 3 is 2.39 bits per heavy atom. The van der Waals surface area contributed by atoms with Crippen LogP contribution in [0.15, 0.2) is 65.8 Å². The van der Waals surface area contributed by atoms with Gasteiger partial charge in [0.1, 0.15) is 5.82 Å². The Kier molecular flexibility index (Phi) is 9.31. The molecule has 31 heavy (non-hydrogen) atoms. The lowest BCUT2D eigenvalue weighted by atomic mass is 10.1. The van der Waals surface area contributed by atoms with Crippen LogP contribution in [0.1, 0.15) is 18.3 Å². The molecule has 2 aromatic carbocycles. The van der Waals surface area contributed by atoms with Crippen molar-refractivity contribution in [3.05, 3.63) is 72.3 Å². The Morgan fingerprint density at radius 1 is 1.10 bits per heavy atom. The zero-order valence-electron chi connectivity index (χ0n) is 17.2. The number of anilines is 2. The predicted molar refractivity (Wildman–Crippen MR) is 121 cm³/mol. The Bertz CT molecular complexity index is 1040. The lowest BCUT2D eigenvalue weighted by Crippen LogP contribution is -2.16. The molecule has 3 rings (SSSR count). The van der Waals surface area contributed by atoms with E-state index < -0.39 is 0 Å². The van der Waals surface area contributed by atoms with Gasteiger partial charge in [0.25, 0.3) is 6.47 Å². The van der Waals surface area contributed by atoms with Crippen molar-refractivity contribution in [3.8, 4) is 0 Å². The number of aryl methyl sites for hydroxylation is 1. The van der Waals surface area contributed by atoms with Gasteiger partial charge in [-0.2, -0.15) is 0 Å². The molecule has 0 aliphatic heterocycles. The number of rotatable bonds is 7. The molecule has 0 saturated heterocycles. The van der Waals surface area contributed by atoms with Crippen LogP contribution in [0.5, 0.6) is 0 Å². The summed E-state index contributed by atoms with van der Waals surface area (Å²) in [4.78, 5) is 37.3. The molecule has 3 N–H and O–H groups in total. The molecule has 1 heterocycles. The van der Waals surface area contributed by atoms with Gasteiger partial charge in [0.05, 0.1) is 18.0 Å². The molecule has 0 atom stereocenters. The van der Waals surface area contributed by atoms with E-state index in [0.29, 0.717) is 12.2 Å². The minimum absolute atomic E-state index is 0.0996. The minimum Gasteiger partial charge on any atom is -0.483 e. The highest BCUT2D eigenvalue weighted by Gasteiger charge is 2.10. The topological polar surface area (TPSA) is 113 Å². The molecule has 162 valence electrons. The molecule has 8 nitrogen and oxygen atoms in total. The summed E-state index contributed by atoms with van der Waals surface area (Å²) in [6.07, 6.45) is 3.68. The molecule has 0 aliphatic rings. The number of benzene rings is 2. The van der Waals surface area contributed by atoms with Gasteiger partial charge in [0, 0.05) is 29.9 Å². The molecular formula is C22H24N4O4S. The Hall–Kier alpha value is -3.59. The molecule has 1 aromatic heterocycles. The number of carbonyl (C=O) groups excluding carboxylic acids is 2. The first-order valence-electron chi connectivity index (χ1n) is 9.37. The molecule has 0 unspecified atom stereocenters. The lowest BCUT2D eigenvalue weighted by molar-refractivity contribution is -0.123. The molecule has 0 radical (unpaired) electrons. The zero-order valence-corrected chi connectivity index (χ0v) is 18.1. The highest BCUT2D eigenvalue weighted by molar-refractivity contribution is 8.00. The number of para-hydroxylation sites is 2. The van der Waals surface area contributed by atoms with Crippen molar-refractivity contribution in [2.24, 2.45) is 0 Å². The third-order valence-electron chi connectivity index (χ3n) is 4.11. The number of carboxylic acid groups (broad SMARTS) is 1. The van der Waals surface area contributed by atoms with E-state index in [2.05, 4.69) is 15.6 Å². The van der Waals surface area contributed by atoms with Crippen LogP contribution in [-0.2, 0) is 20.9 Å². The smallest absolute Gasteiger partial charge is 0.290 e. The number of amides is 2. The van der Waals surface area contributed by atoms with Crippen LogP contribution in [0, 0.1) is 6.92 Å². The normalized spacial score (nSPS) is 9.87. The molecule has 0 aliphatic carbocycles. The number of nitrogens with one attached hydrogen (secondary N) is 2. The average molecular weight is 441 g/mol. The van der Waals surface area contributed by atoms with Crippen molar-refractivity contribution in [3.63, 3.8) is 0 Å². The van der Waals surface area contributed by atoms with E-state index in [1.807, 2.05) is 66.2 Å². The summed E-state index contributed by atoms with van der Waals surface area (Å²) in [6.45, 7) is 3.80. The van der Waals surface area contributed by atoms with Gasteiger partial charge in [-0.15, -0.1) is 11.8 Å². The SMILES string of the molecule is CC(=O)Nc1ccccc1SCC(=O)Nc1ccccc1Cn1ccnc1C.O=CO. The highest BCUT2D eigenvalue weighted by Crippen LogP contribution is 2.27. The van der Waals surface area contributed by atoms with Gasteiger partial charge in [-0.3, -0.25) is 14.4 Å². The lowest BCUT2D eigenvalue weighted by Gasteiger charge is -2.13. The van der Waals surface area contributed by atoms with Gasteiger partial charge in [-0.05, 0) is 30.7 Å². The maximum absolute atomic E-state index is 12.5. The Balaban J connectivity index is 0.00000107. The molecule has 0 spiro atoms. The maximum atomic E-state index is 12.5. The summed E-state index contributed by atoms with van der Waals surface area (Å²) in [5.41, 5.74) is 2.51. The first-order valence-corrected chi connectivity index (χ1v) is 10.4. The van der Waals surface area contributed by atoms with Crippen molar-refractivity contribution in [1.29, 1.82) is 0 Å². The average Bonchev–Trinajstić information content (AvgIpc) is 3.13. The number of carbonyl (C=O) groups is 3. The second kappa shape index (κ2) is 12.2. The largest absolute Gasteiger partial charge is 0.483 e. The summed E-state index contributed by atoms with van der Waals surface area (Å²) < 4.78 is 2.03. The maximum Gasteiger partial charge on any atom is 0.290 e. The van der Waals surface area contributed by atoms with Gasteiger partial charge in [0.15, 0.2) is 0 Å². The van der Waals surface area contributed by atoms with Crippen LogP contribution in [0.4, 0.5) is 11.4 Å². The van der Waals surface area contributed by atoms with Gasteiger partial charge in [-0.25, -0.2) is 4.98 Å². The van der Waals surface area contributed by atoms with Crippen LogP contribution in [0.2, 0.25) is 0 Å². The van der Waals surface area contributed by atoms with Crippen molar-refractivity contribution in [1.82, 2.24) is 9.55 Å². The number of hydrogen-bond donors (Lipinski definition) is 3. The summed E-state index contributed by atoms with van der Waals surface area (Å²) in [7, 11) is 0. The van der Waals surface area contributed by atoms with E-state index in [0.717, 1.165) is 22.0 Å². The fourth-order valence-electron chi connectivity index (χ4n) is 2.75. The third kappa shape index (κ3) is 7.63. The summed E-state index contributed by atoms with van der Waals surface area (Å²) in [6, 6.07) is 15.2. The van der Waals surface area contributed by atoms with E-state index in [1.165, 1.54) is 18.7 Å². The van der Waals surface area contributed by atoms with Crippen molar-refractivity contribution in [2.75, 3.05) is 16.4 Å². The van der Waals surface area contributed by atoms with Gasteiger partial charge in [0.2, 0.25) is 11.8 Å². The molecule has 0 bridgehead atoms. The minimum atomic E-state index is -0.250. The fourth-order valence-corrected chi connectivity index (χ4v) is 3.56. The molecule has 0 saturated carbocycles. The molecular weight excluding hydrogens is 416 g/mol. The van der Waals surface area contributed by atoms with Crippen LogP contribution < -0.4 is 10.6 Å². The number of thioether (sulfide) groups is 1. The quantitative estimate of drug-likeness (QED) is 0.382. The molecule has 3 aromatic rings. The third-order valence-corrected chi connectivity index (χ3v) is 5.19. The first kappa shape index (κ1) is 23.7. The molecule has 9 heteroatoms. The van der Waals surface area contributed by atoms with Crippen LogP contribution in [0.3, 0.4) is 0 Å². The van der Waals surface area contributed by atoms with E-state index in [9.17, 15) is 9.59 Å². The van der Waals surface area contributed by atoms with Crippen molar-refractivity contribution in [2.45, 2.75) is 25.3 Å². The van der Waals surface area contributed by atoms with E-state index in [1.54, 1.807) is 6.20 Å². The van der Waals surface area contributed by atoms with Crippen LogP contribution in [0.25, 0.3) is 0 Å². The zero-order chi connectivity index (χ0) is 22.6. The summed E-state index contributed by atoms with van der Waals surface area (Å²) in [5, 5.41) is 12.7. The standard InChI is InChI=1S/C21H22N4O2S.CH2O2/c1-15-22-11-12-25(15)13-17-7-3-4-8-18(17)24-21(27)14-28-20-10-6-5-9-19(20)23-16(2)26;2-1-3/h3-12H,13-14H2,1-2H3,(H,23,26)(H,24,27);1H,(H,2,3). The number of aromatic nitrogens is 2. The number of hydrogen-bond acceptors (Lipinski definition) is 5. The second-order valence-corrected chi connectivity index (χ2v) is 7.40. The van der Waals surface area contributed by atoms with E-state index in [4.69, 9.17) is 9.90 Å². The summed E-state index contributed by atoms with van der Waals surface area (Å²) in [5.74, 6) is 0.930. The van der Waals surface area contributed by atoms with Crippen molar-refractivity contribution >= 4 is 41.4 Å². The van der Waals surface area contributed by atoms with Gasteiger partial charge in [-0.1, -0.05) is 30.3 Å².